The maximum absolute atomic E-state index is 5.85. The first kappa shape index (κ1) is 14.0. The van der Waals surface area contributed by atoms with Gasteiger partial charge in [-0.3, -0.25) is 0 Å². The van der Waals surface area contributed by atoms with Crippen LogP contribution in [0.2, 0.25) is 0 Å². The quantitative estimate of drug-likeness (QED) is 0.833. The van der Waals surface area contributed by atoms with Crippen LogP contribution in [0, 0.1) is 0 Å². The van der Waals surface area contributed by atoms with Crippen molar-refractivity contribution in [2.45, 2.75) is 24.3 Å². The van der Waals surface area contributed by atoms with Gasteiger partial charge in [0.25, 0.3) is 0 Å². The van der Waals surface area contributed by atoms with Crippen LogP contribution in [0.4, 0.5) is 0 Å². The van der Waals surface area contributed by atoms with Crippen LogP contribution < -0.4 is 10.5 Å². The molecule has 0 saturated heterocycles. The lowest BCUT2D eigenvalue weighted by Crippen LogP contribution is -2.17. The Kier molecular flexibility index (Phi) is 4.88. The monoisotopic (exact) mass is 273 g/mol. The number of ether oxygens (including phenoxy) is 1. The molecule has 0 spiro atoms. The lowest BCUT2D eigenvalue weighted by Gasteiger charge is -2.09. The third-order valence-electron chi connectivity index (χ3n) is 2.75. The molecule has 0 heterocycles. The lowest BCUT2D eigenvalue weighted by atomic mass is 10.1. The largest absolute Gasteiger partial charge is 0.457 e. The van der Waals surface area contributed by atoms with E-state index in [4.69, 9.17) is 10.5 Å². The minimum Gasteiger partial charge on any atom is -0.457 e. The van der Waals surface area contributed by atoms with E-state index in [0.29, 0.717) is 0 Å². The van der Waals surface area contributed by atoms with Crippen molar-refractivity contribution < 1.29 is 4.74 Å². The van der Waals surface area contributed by atoms with Gasteiger partial charge in [-0.2, -0.15) is 0 Å². The van der Waals surface area contributed by atoms with Crippen LogP contribution in [0.15, 0.2) is 53.4 Å². The summed E-state index contributed by atoms with van der Waals surface area (Å²) in [6.07, 6.45) is 2.93. The molecular formula is C16H19NOS. The molecule has 1 unspecified atom stereocenters. The van der Waals surface area contributed by atoms with Crippen LogP contribution in [-0.4, -0.2) is 12.3 Å². The average molecular weight is 273 g/mol. The van der Waals surface area contributed by atoms with Crippen LogP contribution in [0.25, 0.3) is 0 Å². The fourth-order valence-electron chi connectivity index (χ4n) is 1.89. The normalized spacial score (nSPS) is 12.2. The van der Waals surface area contributed by atoms with Gasteiger partial charge < -0.3 is 10.5 Å². The molecular weight excluding hydrogens is 254 g/mol. The summed E-state index contributed by atoms with van der Waals surface area (Å²) < 4.78 is 5.85. The first-order valence-electron chi connectivity index (χ1n) is 6.34. The van der Waals surface area contributed by atoms with Crippen molar-refractivity contribution in [2.24, 2.45) is 5.73 Å². The van der Waals surface area contributed by atoms with Crippen molar-refractivity contribution in [3.05, 3.63) is 54.1 Å². The van der Waals surface area contributed by atoms with Gasteiger partial charge in [0, 0.05) is 10.9 Å². The summed E-state index contributed by atoms with van der Waals surface area (Å²) in [6.45, 7) is 2.01. The van der Waals surface area contributed by atoms with E-state index in [0.717, 1.165) is 17.9 Å². The highest BCUT2D eigenvalue weighted by atomic mass is 32.2. The Labute approximate surface area is 119 Å². The highest BCUT2D eigenvalue weighted by Crippen LogP contribution is 2.25. The molecule has 0 amide bonds. The second kappa shape index (κ2) is 6.64. The van der Waals surface area contributed by atoms with E-state index >= 15 is 0 Å². The fraction of sp³-hybridized carbons (Fsp3) is 0.250. The molecule has 2 N–H and O–H groups in total. The van der Waals surface area contributed by atoms with Crippen molar-refractivity contribution in [3.63, 3.8) is 0 Å². The van der Waals surface area contributed by atoms with Crippen LogP contribution in [0.1, 0.15) is 12.5 Å². The molecule has 3 heteroatoms. The van der Waals surface area contributed by atoms with Gasteiger partial charge in [-0.05, 0) is 61.6 Å². The summed E-state index contributed by atoms with van der Waals surface area (Å²) in [5.41, 5.74) is 7.02. The zero-order valence-corrected chi connectivity index (χ0v) is 12.1. The highest BCUT2D eigenvalue weighted by Gasteiger charge is 2.01. The summed E-state index contributed by atoms with van der Waals surface area (Å²) in [6, 6.07) is 16.4. The predicted octanol–water partition coefficient (Wildman–Crippen LogP) is 4.09. The molecule has 2 nitrogen and oxygen atoms in total. The second-order valence-corrected chi connectivity index (χ2v) is 5.49. The van der Waals surface area contributed by atoms with Gasteiger partial charge in [0.1, 0.15) is 11.5 Å². The number of hydrogen-bond acceptors (Lipinski definition) is 3. The molecule has 2 aromatic rings. The third kappa shape index (κ3) is 4.30. The second-order valence-electron chi connectivity index (χ2n) is 4.61. The Morgan fingerprint density at radius 3 is 2.47 bits per heavy atom. The Bertz CT molecular complexity index is 523. The molecule has 19 heavy (non-hydrogen) atoms. The number of benzene rings is 2. The van der Waals surface area contributed by atoms with E-state index in [1.54, 1.807) is 11.8 Å². The molecule has 0 bridgehead atoms. The van der Waals surface area contributed by atoms with Crippen molar-refractivity contribution in [3.8, 4) is 11.5 Å². The van der Waals surface area contributed by atoms with E-state index in [2.05, 4.69) is 24.5 Å². The molecule has 0 fully saturated rings. The number of thioether (sulfide) groups is 1. The summed E-state index contributed by atoms with van der Waals surface area (Å²) in [4.78, 5) is 1.23. The van der Waals surface area contributed by atoms with Crippen LogP contribution in [-0.2, 0) is 6.42 Å². The molecule has 0 aliphatic carbocycles. The number of nitrogens with two attached hydrogens (primary N) is 1. The van der Waals surface area contributed by atoms with E-state index in [9.17, 15) is 0 Å². The zero-order valence-electron chi connectivity index (χ0n) is 11.3. The summed E-state index contributed by atoms with van der Waals surface area (Å²) >= 11 is 1.72. The maximum atomic E-state index is 5.85. The topological polar surface area (TPSA) is 35.2 Å². The Balaban J connectivity index is 2.09. The van der Waals surface area contributed by atoms with Crippen molar-refractivity contribution in [2.75, 3.05) is 6.26 Å². The Hall–Kier alpha value is -1.45. The predicted molar refractivity (Wildman–Crippen MR) is 82.1 cm³/mol. The van der Waals surface area contributed by atoms with Gasteiger partial charge in [0.15, 0.2) is 0 Å². The van der Waals surface area contributed by atoms with Crippen LogP contribution >= 0.6 is 11.8 Å². The van der Waals surface area contributed by atoms with Crippen molar-refractivity contribution >= 4 is 11.8 Å². The first-order chi connectivity index (χ1) is 9.17. The van der Waals surface area contributed by atoms with Crippen molar-refractivity contribution in [1.82, 2.24) is 0 Å². The van der Waals surface area contributed by atoms with Gasteiger partial charge in [-0.25, -0.2) is 0 Å². The molecule has 100 valence electrons. The zero-order chi connectivity index (χ0) is 13.7. The molecule has 0 radical (unpaired) electrons. The standard InChI is InChI=1S/C16H19NOS/c1-12(17)10-13-4-3-5-15(11-13)18-14-6-8-16(19-2)9-7-14/h3-9,11-12H,10,17H2,1-2H3. The number of hydrogen-bond donors (Lipinski definition) is 1. The smallest absolute Gasteiger partial charge is 0.127 e. The first-order valence-corrected chi connectivity index (χ1v) is 7.56. The Morgan fingerprint density at radius 1 is 1.11 bits per heavy atom. The van der Waals surface area contributed by atoms with Gasteiger partial charge in [-0.1, -0.05) is 12.1 Å². The van der Waals surface area contributed by atoms with Gasteiger partial charge in [-0.15, -0.1) is 11.8 Å². The molecule has 2 rings (SSSR count). The van der Waals surface area contributed by atoms with Crippen LogP contribution in [0.3, 0.4) is 0 Å². The average Bonchev–Trinajstić information content (AvgIpc) is 2.39. The number of rotatable bonds is 5. The molecule has 1 atom stereocenters. The molecule has 0 aliphatic rings. The molecule has 0 aliphatic heterocycles. The molecule has 2 aromatic carbocycles. The maximum Gasteiger partial charge on any atom is 0.127 e. The molecule has 0 saturated carbocycles. The fourth-order valence-corrected chi connectivity index (χ4v) is 2.30. The lowest BCUT2D eigenvalue weighted by molar-refractivity contribution is 0.481. The summed E-state index contributed by atoms with van der Waals surface area (Å²) in [7, 11) is 0. The summed E-state index contributed by atoms with van der Waals surface area (Å²) in [5, 5.41) is 0. The van der Waals surface area contributed by atoms with Crippen molar-refractivity contribution in [1.29, 1.82) is 0 Å². The van der Waals surface area contributed by atoms with Crippen LogP contribution in [0.5, 0.6) is 11.5 Å². The SMILES string of the molecule is CSc1ccc(Oc2cccc(CC(C)N)c2)cc1. The van der Waals surface area contributed by atoms with Gasteiger partial charge in [0.2, 0.25) is 0 Å². The van der Waals surface area contributed by atoms with Gasteiger partial charge >= 0.3 is 0 Å². The molecule has 0 aromatic heterocycles. The minimum atomic E-state index is 0.163. The van der Waals surface area contributed by atoms with E-state index in [-0.39, 0.29) is 6.04 Å². The minimum absolute atomic E-state index is 0.163. The Morgan fingerprint density at radius 2 is 1.84 bits per heavy atom. The summed E-state index contributed by atoms with van der Waals surface area (Å²) in [5.74, 6) is 1.71. The van der Waals surface area contributed by atoms with Gasteiger partial charge in [0.05, 0.1) is 0 Å². The highest BCUT2D eigenvalue weighted by molar-refractivity contribution is 7.98. The van der Waals surface area contributed by atoms with E-state index < -0.39 is 0 Å². The van der Waals surface area contributed by atoms with E-state index in [1.807, 2.05) is 37.3 Å². The van der Waals surface area contributed by atoms with E-state index in [1.165, 1.54) is 10.5 Å². The third-order valence-corrected chi connectivity index (χ3v) is 3.49.